The van der Waals surface area contributed by atoms with Crippen molar-refractivity contribution < 1.29 is 19.1 Å². The van der Waals surface area contributed by atoms with Gasteiger partial charge in [-0.2, -0.15) is 0 Å². The van der Waals surface area contributed by atoms with Crippen LogP contribution in [0.1, 0.15) is 27.6 Å². The Labute approximate surface area is 110 Å². The van der Waals surface area contributed by atoms with E-state index in [-0.39, 0.29) is 22.9 Å². The number of hydrogen-bond donors (Lipinski definition) is 0. The van der Waals surface area contributed by atoms with Crippen LogP contribution >= 0.6 is 0 Å². The number of fused-ring (bicyclic) bond motifs is 1. The van der Waals surface area contributed by atoms with Gasteiger partial charge in [-0.05, 0) is 31.2 Å². The van der Waals surface area contributed by atoms with Gasteiger partial charge in [0, 0.05) is 30.8 Å². The molecule has 0 saturated heterocycles. The Morgan fingerprint density at radius 2 is 1.84 bits per heavy atom. The van der Waals surface area contributed by atoms with Gasteiger partial charge in [-0.15, -0.1) is 0 Å². The molecule has 98 valence electrons. The number of carbonyl (C=O) groups excluding carboxylic acids is 3. The van der Waals surface area contributed by atoms with Gasteiger partial charge in [-0.3, -0.25) is 9.59 Å². The van der Waals surface area contributed by atoms with Gasteiger partial charge >= 0.3 is 6.09 Å². The zero-order chi connectivity index (χ0) is 14.2. The third-order valence-corrected chi connectivity index (χ3v) is 2.78. The summed E-state index contributed by atoms with van der Waals surface area (Å²) < 4.78 is 5.06. The molecule has 0 unspecified atom stereocenters. The standard InChI is InChI=1S/C14H13NO4/c1-8-6-12(16)10-5-4-9(7-11(10)13(8)17)19-14(18)15(2)3/h4-7H,1-3H3. The second-order valence-electron chi connectivity index (χ2n) is 4.49. The maximum atomic E-state index is 12.0. The molecule has 5 nitrogen and oxygen atoms in total. The second-order valence-corrected chi connectivity index (χ2v) is 4.49. The number of carbonyl (C=O) groups is 3. The van der Waals surface area contributed by atoms with Gasteiger partial charge in [0.05, 0.1) is 0 Å². The molecule has 0 aromatic heterocycles. The summed E-state index contributed by atoms with van der Waals surface area (Å²) in [6.45, 7) is 1.58. The van der Waals surface area contributed by atoms with Crippen LogP contribution in [0.2, 0.25) is 0 Å². The number of ketones is 2. The smallest absolute Gasteiger partial charge is 0.410 e. The lowest BCUT2D eigenvalue weighted by Gasteiger charge is -2.15. The fourth-order valence-corrected chi connectivity index (χ4v) is 1.73. The van der Waals surface area contributed by atoms with E-state index in [1.807, 2.05) is 0 Å². The molecule has 1 amide bonds. The quantitative estimate of drug-likeness (QED) is 0.774. The van der Waals surface area contributed by atoms with Gasteiger partial charge in [0.25, 0.3) is 0 Å². The van der Waals surface area contributed by atoms with Crippen LogP contribution in [0.3, 0.4) is 0 Å². The molecule has 0 bridgehead atoms. The van der Waals surface area contributed by atoms with Crippen LogP contribution in [0, 0.1) is 0 Å². The summed E-state index contributed by atoms with van der Waals surface area (Å²) in [6, 6.07) is 4.42. The summed E-state index contributed by atoms with van der Waals surface area (Å²) in [4.78, 5) is 36.4. The van der Waals surface area contributed by atoms with Gasteiger partial charge in [0.15, 0.2) is 11.6 Å². The van der Waals surface area contributed by atoms with E-state index in [0.717, 1.165) is 0 Å². The lowest BCUT2D eigenvalue weighted by molar-refractivity contribution is 0.0984. The van der Waals surface area contributed by atoms with E-state index in [4.69, 9.17) is 4.74 Å². The summed E-state index contributed by atoms with van der Waals surface area (Å²) in [7, 11) is 3.12. The van der Waals surface area contributed by atoms with Crippen LogP contribution in [-0.4, -0.2) is 36.7 Å². The molecule has 1 aliphatic carbocycles. The number of hydrogen-bond acceptors (Lipinski definition) is 4. The highest BCUT2D eigenvalue weighted by atomic mass is 16.6. The van der Waals surface area contributed by atoms with Crippen LogP contribution in [0.25, 0.3) is 0 Å². The van der Waals surface area contributed by atoms with Crippen molar-refractivity contribution in [1.29, 1.82) is 0 Å². The molecule has 0 spiro atoms. The van der Waals surface area contributed by atoms with Gasteiger partial charge < -0.3 is 9.64 Å². The Bertz CT molecular complexity index is 614. The first-order chi connectivity index (χ1) is 8.90. The Kier molecular flexibility index (Phi) is 3.21. The number of nitrogens with zero attached hydrogens (tertiary/aromatic N) is 1. The summed E-state index contributed by atoms with van der Waals surface area (Å²) >= 11 is 0. The van der Waals surface area contributed by atoms with Gasteiger partial charge in [-0.1, -0.05) is 0 Å². The van der Waals surface area contributed by atoms with Crippen molar-refractivity contribution >= 4 is 17.7 Å². The second kappa shape index (κ2) is 4.68. The fourth-order valence-electron chi connectivity index (χ4n) is 1.73. The first-order valence-electron chi connectivity index (χ1n) is 5.70. The molecule has 0 saturated carbocycles. The van der Waals surface area contributed by atoms with Crippen molar-refractivity contribution in [3.8, 4) is 5.75 Å². The molecule has 0 N–H and O–H groups in total. The Morgan fingerprint density at radius 3 is 2.47 bits per heavy atom. The highest BCUT2D eigenvalue weighted by molar-refractivity contribution is 6.24. The molecular weight excluding hydrogens is 246 g/mol. The first kappa shape index (κ1) is 13.0. The average molecular weight is 259 g/mol. The van der Waals surface area contributed by atoms with Gasteiger partial charge in [-0.25, -0.2) is 4.79 Å². The summed E-state index contributed by atoms with van der Waals surface area (Å²) in [5, 5.41) is 0. The van der Waals surface area contributed by atoms with E-state index in [0.29, 0.717) is 11.1 Å². The molecule has 0 heterocycles. The van der Waals surface area contributed by atoms with E-state index < -0.39 is 6.09 Å². The molecule has 0 radical (unpaired) electrons. The first-order valence-corrected chi connectivity index (χ1v) is 5.70. The van der Waals surface area contributed by atoms with Crippen molar-refractivity contribution in [2.24, 2.45) is 0 Å². The third kappa shape index (κ3) is 2.40. The number of amides is 1. The Balaban J connectivity index is 2.38. The maximum absolute atomic E-state index is 12.0. The van der Waals surface area contributed by atoms with Crippen molar-refractivity contribution in [3.05, 3.63) is 41.0 Å². The predicted octanol–water partition coefficient (Wildman–Crippen LogP) is 2.07. The number of Topliss-reactive ketones (excluding diaryl/α,β-unsaturated/α-hetero) is 1. The van der Waals surface area contributed by atoms with Crippen LogP contribution in [-0.2, 0) is 0 Å². The SMILES string of the molecule is CC1=CC(=O)c2ccc(OC(=O)N(C)C)cc2C1=O. The van der Waals surface area contributed by atoms with Crippen molar-refractivity contribution in [2.75, 3.05) is 14.1 Å². The number of rotatable bonds is 1. The summed E-state index contributed by atoms with van der Waals surface area (Å²) in [6.07, 6.45) is 0.776. The van der Waals surface area contributed by atoms with E-state index in [1.165, 1.54) is 29.2 Å². The third-order valence-electron chi connectivity index (χ3n) is 2.78. The molecule has 0 atom stereocenters. The lowest BCUT2D eigenvalue weighted by Crippen LogP contribution is -2.25. The van der Waals surface area contributed by atoms with Crippen LogP contribution < -0.4 is 4.74 Å². The van der Waals surface area contributed by atoms with Crippen molar-refractivity contribution in [2.45, 2.75) is 6.92 Å². The molecule has 1 aromatic rings. The van der Waals surface area contributed by atoms with E-state index >= 15 is 0 Å². The minimum Gasteiger partial charge on any atom is -0.410 e. The maximum Gasteiger partial charge on any atom is 0.414 e. The minimum atomic E-state index is -0.540. The molecule has 5 heteroatoms. The molecule has 1 aliphatic rings. The largest absolute Gasteiger partial charge is 0.414 e. The van der Waals surface area contributed by atoms with Crippen molar-refractivity contribution in [3.63, 3.8) is 0 Å². The van der Waals surface area contributed by atoms with E-state index in [2.05, 4.69) is 0 Å². The molecule has 0 fully saturated rings. The predicted molar refractivity (Wildman–Crippen MR) is 68.6 cm³/mol. The number of allylic oxidation sites excluding steroid dienone is 2. The van der Waals surface area contributed by atoms with Gasteiger partial charge in [0.1, 0.15) is 5.75 Å². The summed E-state index contributed by atoms with van der Waals surface area (Å²) in [5.74, 6) is -0.191. The number of ether oxygens (including phenoxy) is 1. The van der Waals surface area contributed by atoms with E-state index in [1.54, 1.807) is 21.0 Å². The molecule has 19 heavy (non-hydrogen) atoms. The molecule has 0 aliphatic heterocycles. The van der Waals surface area contributed by atoms with Crippen molar-refractivity contribution in [1.82, 2.24) is 4.90 Å². The lowest BCUT2D eigenvalue weighted by atomic mass is 9.90. The Morgan fingerprint density at radius 1 is 1.16 bits per heavy atom. The summed E-state index contributed by atoms with van der Waals surface area (Å²) in [5.41, 5.74) is 0.989. The van der Waals surface area contributed by atoms with Crippen LogP contribution in [0.5, 0.6) is 5.75 Å². The Hall–Kier alpha value is -2.43. The highest BCUT2D eigenvalue weighted by Gasteiger charge is 2.24. The van der Waals surface area contributed by atoms with Gasteiger partial charge in [0.2, 0.25) is 0 Å². The minimum absolute atomic E-state index is 0.211. The zero-order valence-electron chi connectivity index (χ0n) is 10.9. The van der Waals surface area contributed by atoms with Crippen LogP contribution in [0.4, 0.5) is 4.79 Å². The number of benzene rings is 1. The molecule has 1 aromatic carbocycles. The van der Waals surface area contributed by atoms with Crippen LogP contribution in [0.15, 0.2) is 29.8 Å². The monoisotopic (exact) mass is 259 g/mol. The van der Waals surface area contributed by atoms with E-state index in [9.17, 15) is 14.4 Å². The topological polar surface area (TPSA) is 63.7 Å². The average Bonchev–Trinajstić information content (AvgIpc) is 2.35. The molecular formula is C14H13NO4. The normalized spacial score (nSPS) is 13.7. The zero-order valence-corrected chi connectivity index (χ0v) is 10.9. The highest BCUT2D eigenvalue weighted by Crippen LogP contribution is 2.25. The molecule has 2 rings (SSSR count). The fraction of sp³-hybridized carbons (Fsp3) is 0.214.